The fourth-order valence-electron chi connectivity index (χ4n) is 3.81. The molecular weight excluding hydrogens is 478 g/mol. The van der Waals surface area contributed by atoms with Crippen molar-refractivity contribution in [1.82, 2.24) is 14.7 Å². The van der Waals surface area contributed by atoms with E-state index in [1.807, 2.05) is 30.3 Å². The standard InChI is InChI=1S/C28H26F2N4O3/c1-37-16-6-15-33(28(36)21-9-5-10-23(30)17-21)19-27(35)31-26-18-25(20-7-3-2-4-8-20)32-34(26)24-13-11-22(29)12-14-24/h2-5,7-14,17-18H,6,15-16,19H2,1H3,(H,31,35). The number of hydrogen-bond acceptors (Lipinski definition) is 4. The lowest BCUT2D eigenvalue weighted by Crippen LogP contribution is -2.39. The second-order valence-corrected chi connectivity index (χ2v) is 8.30. The summed E-state index contributed by atoms with van der Waals surface area (Å²) >= 11 is 0. The van der Waals surface area contributed by atoms with E-state index < -0.39 is 23.4 Å². The molecular formula is C28H26F2N4O3. The molecule has 7 nitrogen and oxygen atoms in total. The number of rotatable bonds is 10. The van der Waals surface area contributed by atoms with Crippen LogP contribution in [-0.2, 0) is 9.53 Å². The van der Waals surface area contributed by atoms with Crippen LogP contribution in [0.1, 0.15) is 16.8 Å². The highest BCUT2D eigenvalue weighted by Gasteiger charge is 2.21. The van der Waals surface area contributed by atoms with Crippen molar-refractivity contribution in [3.63, 3.8) is 0 Å². The first-order valence-corrected chi connectivity index (χ1v) is 11.7. The van der Waals surface area contributed by atoms with Gasteiger partial charge >= 0.3 is 0 Å². The van der Waals surface area contributed by atoms with Gasteiger partial charge in [0.25, 0.3) is 5.91 Å². The van der Waals surface area contributed by atoms with E-state index in [0.717, 1.165) is 11.6 Å². The summed E-state index contributed by atoms with van der Waals surface area (Å²) in [7, 11) is 1.55. The highest BCUT2D eigenvalue weighted by molar-refractivity contribution is 5.99. The SMILES string of the molecule is COCCCN(CC(=O)Nc1cc(-c2ccccc2)nn1-c1ccc(F)cc1)C(=O)c1cccc(F)c1. The number of amides is 2. The van der Waals surface area contributed by atoms with Gasteiger partial charge in [-0.1, -0.05) is 36.4 Å². The van der Waals surface area contributed by atoms with Crippen LogP contribution >= 0.6 is 0 Å². The van der Waals surface area contributed by atoms with Crippen molar-refractivity contribution in [3.8, 4) is 16.9 Å². The van der Waals surface area contributed by atoms with Gasteiger partial charge < -0.3 is 15.0 Å². The number of anilines is 1. The Labute approximate surface area is 213 Å². The van der Waals surface area contributed by atoms with Gasteiger partial charge in [0.1, 0.15) is 24.0 Å². The molecule has 0 aliphatic carbocycles. The van der Waals surface area contributed by atoms with Crippen LogP contribution < -0.4 is 5.32 Å². The fourth-order valence-corrected chi connectivity index (χ4v) is 3.81. The van der Waals surface area contributed by atoms with Crippen molar-refractivity contribution in [3.05, 3.63) is 102 Å². The maximum Gasteiger partial charge on any atom is 0.254 e. The van der Waals surface area contributed by atoms with Gasteiger partial charge in [-0.25, -0.2) is 13.5 Å². The number of hydrogen-bond donors (Lipinski definition) is 1. The molecule has 0 fully saturated rings. The fraction of sp³-hybridized carbons (Fsp3) is 0.179. The van der Waals surface area contributed by atoms with Gasteiger partial charge in [-0.2, -0.15) is 5.10 Å². The summed E-state index contributed by atoms with van der Waals surface area (Å²) in [5, 5.41) is 7.43. The van der Waals surface area contributed by atoms with Gasteiger partial charge in [-0.05, 0) is 48.9 Å². The van der Waals surface area contributed by atoms with E-state index in [0.29, 0.717) is 30.2 Å². The van der Waals surface area contributed by atoms with Gasteiger partial charge in [-0.3, -0.25) is 9.59 Å². The van der Waals surface area contributed by atoms with Gasteiger partial charge in [0.15, 0.2) is 0 Å². The Morgan fingerprint density at radius 3 is 2.41 bits per heavy atom. The topological polar surface area (TPSA) is 76.5 Å². The van der Waals surface area contributed by atoms with Crippen LogP contribution in [0, 0.1) is 11.6 Å². The van der Waals surface area contributed by atoms with E-state index in [4.69, 9.17) is 4.74 Å². The molecule has 0 atom stereocenters. The zero-order chi connectivity index (χ0) is 26.2. The Hall–Kier alpha value is -4.37. The lowest BCUT2D eigenvalue weighted by Gasteiger charge is -2.22. The Kier molecular flexibility index (Phi) is 8.37. The van der Waals surface area contributed by atoms with Crippen LogP contribution in [0.2, 0.25) is 0 Å². The molecule has 4 aromatic rings. The molecule has 9 heteroatoms. The Morgan fingerprint density at radius 1 is 0.946 bits per heavy atom. The van der Waals surface area contributed by atoms with Crippen molar-refractivity contribution in [1.29, 1.82) is 0 Å². The molecule has 4 rings (SSSR count). The van der Waals surface area contributed by atoms with Crippen molar-refractivity contribution in [2.24, 2.45) is 0 Å². The minimum absolute atomic E-state index is 0.146. The molecule has 190 valence electrons. The molecule has 0 aliphatic rings. The van der Waals surface area contributed by atoms with Crippen LogP contribution in [0.25, 0.3) is 16.9 Å². The van der Waals surface area contributed by atoms with Crippen molar-refractivity contribution < 1.29 is 23.1 Å². The smallest absolute Gasteiger partial charge is 0.254 e. The van der Waals surface area contributed by atoms with Crippen molar-refractivity contribution in [2.45, 2.75) is 6.42 Å². The number of ether oxygens (including phenoxy) is 1. The predicted octanol–water partition coefficient (Wildman–Crippen LogP) is 4.93. The monoisotopic (exact) mass is 504 g/mol. The highest BCUT2D eigenvalue weighted by Crippen LogP contribution is 2.25. The second-order valence-electron chi connectivity index (χ2n) is 8.30. The van der Waals surface area contributed by atoms with E-state index in [1.165, 1.54) is 39.9 Å². The number of aromatic nitrogens is 2. The summed E-state index contributed by atoms with van der Waals surface area (Å²) in [5.74, 6) is -1.52. The Morgan fingerprint density at radius 2 is 1.70 bits per heavy atom. The first-order chi connectivity index (χ1) is 17.9. The van der Waals surface area contributed by atoms with Gasteiger partial charge in [-0.15, -0.1) is 0 Å². The molecule has 0 aliphatic heterocycles. The molecule has 1 heterocycles. The molecule has 0 bridgehead atoms. The Balaban J connectivity index is 1.59. The minimum atomic E-state index is -0.538. The first kappa shape index (κ1) is 25.7. The molecule has 0 spiro atoms. The van der Waals surface area contributed by atoms with Gasteiger partial charge in [0.2, 0.25) is 5.91 Å². The van der Waals surface area contributed by atoms with E-state index in [2.05, 4.69) is 10.4 Å². The second kappa shape index (κ2) is 12.0. The molecule has 0 saturated carbocycles. The van der Waals surface area contributed by atoms with E-state index in [9.17, 15) is 18.4 Å². The molecule has 0 unspecified atom stereocenters. The molecule has 0 saturated heterocycles. The van der Waals surface area contributed by atoms with Crippen LogP contribution in [0.3, 0.4) is 0 Å². The minimum Gasteiger partial charge on any atom is -0.385 e. The molecule has 3 aromatic carbocycles. The number of carbonyl (C=O) groups excluding carboxylic acids is 2. The molecule has 0 radical (unpaired) electrons. The molecule has 2 amide bonds. The van der Waals surface area contributed by atoms with Crippen LogP contribution in [0.4, 0.5) is 14.6 Å². The zero-order valence-electron chi connectivity index (χ0n) is 20.2. The maximum atomic E-state index is 13.7. The lowest BCUT2D eigenvalue weighted by atomic mass is 10.1. The predicted molar refractivity (Wildman–Crippen MR) is 136 cm³/mol. The average Bonchev–Trinajstić information content (AvgIpc) is 3.32. The van der Waals surface area contributed by atoms with E-state index in [-0.39, 0.29) is 18.7 Å². The summed E-state index contributed by atoms with van der Waals surface area (Å²) in [4.78, 5) is 27.6. The first-order valence-electron chi connectivity index (χ1n) is 11.7. The quantitative estimate of drug-likeness (QED) is 0.311. The number of halogens is 2. The Bertz CT molecular complexity index is 1360. The highest BCUT2D eigenvalue weighted by atomic mass is 19.1. The van der Waals surface area contributed by atoms with Crippen molar-refractivity contribution in [2.75, 3.05) is 32.1 Å². The molecule has 1 N–H and O–H groups in total. The van der Waals surface area contributed by atoms with Crippen LogP contribution in [0.5, 0.6) is 0 Å². The number of methoxy groups -OCH3 is 1. The average molecular weight is 505 g/mol. The number of benzene rings is 3. The number of carbonyl (C=O) groups is 2. The lowest BCUT2D eigenvalue weighted by molar-refractivity contribution is -0.117. The summed E-state index contributed by atoms with van der Waals surface area (Å²) in [6.07, 6.45) is 0.497. The van der Waals surface area contributed by atoms with E-state index in [1.54, 1.807) is 25.3 Å². The van der Waals surface area contributed by atoms with Crippen LogP contribution in [-0.4, -0.2) is 53.3 Å². The summed E-state index contributed by atoms with van der Waals surface area (Å²) in [6.45, 7) is 0.365. The summed E-state index contributed by atoms with van der Waals surface area (Å²) in [6, 6.07) is 22.2. The normalized spacial score (nSPS) is 10.8. The number of nitrogens with zero attached hydrogens (tertiary/aromatic N) is 3. The third-order valence-corrected chi connectivity index (χ3v) is 5.59. The van der Waals surface area contributed by atoms with Gasteiger partial charge in [0, 0.05) is 37.5 Å². The van der Waals surface area contributed by atoms with Crippen molar-refractivity contribution >= 4 is 17.6 Å². The maximum absolute atomic E-state index is 13.7. The summed E-state index contributed by atoms with van der Waals surface area (Å²) in [5.41, 5.74) is 2.13. The molecule has 1 aromatic heterocycles. The third-order valence-electron chi connectivity index (χ3n) is 5.59. The molecule has 37 heavy (non-hydrogen) atoms. The zero-order valence-corrected chi connectivity index (χ0v) is 20.2. The largest absolute Gasteiger partial charge is 0.385 e. The van der Waals surface area contributed by atoms with Crippen LogP contribution in [0.15, 0.2) is 84.9 Å². The van der Waals surface area contributed by atoms with E-state index >= 15 is 0 Å². The number of nitrogens with one attached hydrogen (secondary N) is 1. The third kappa shape index (κ3) is 6.65. The summed E-state index contributed by atoms with van der Waals surface area (Å²) < 4.78 is 33.8. The van der Waals surface area contributed by atoms with Gasteiger partial charge in [0.05, 0.1) is 11.4 Å².